The molecule has 1 rings (SSSR count). The molecule has 16 heavy (non-hydrogen) atoms. The van der Waals surface area contributed by atoms with Gasteiger partial charge in [0.15, 0.2) is 0 Å². The van der Waals surface area contributed by atoms with E-state index in [4.69, 9.17) is 9.79 Å². The Hall–Kier alpha value is -1.16. The maximum absolute atomic E-state index is 11.4. The van der Waals surface area contributed by atoms with Crippen LogP contribution in [0.15, 0.2) is 24.3 Å². The van der Waals surface area contributed by atoms with Crippen molar-refractivity contribution in [2.24, 2.45) is 5.92 Å². The van der Waals surface area contributed by atoms with Crippen LogP contribution in [0.3, 0.4) is 0 Å². The lowest BCUT2D eigenvalue weighted by molar-refractivity contribution is -0.118. The first-order chi connectivity index (χ1) is 7.30. The van der Waals surface area contributed by atoms with Gasteiger partial charge in [0.1, 0.15) is 0 Å². The van der Waals surface area contributed by atoms with Gasteiger partial charge < -0.3 is 15.1 Å². The molecule has 1 amide bonds. The third kappa shape index (κ3) is 3.45. The van der Waals surface area contributed by atoms with Crippen molar-refractivity contribution in [3.63, 3.8) is 0 Å². The molecule has 1 aromatic rings. The molecule has 0 saturated heterocycles. The fourth-order valence-electron chi connectivity index (χ4n) is 1.05. The van der Waals surface area contributed by atoms with Crippen molar-refractivity contribution in [2.75, 3.05) is 5.32 Å². The van der Waals surface area contributed by atoms with Crippen LogP contribution < -0.4 is 10.6 Å². The summed E-state index contributed by atoms with van der Waals surface area (Å²) in [7, 11) is -4.26. The van der Waals surface area contributed by atoms with Crippen molar-refractivity contribution in [1.82, 2.24) is 0 Å². The Labute approximate surface area is 93.7 Å². The van der Waals surface area contributed by atoms with E-state index in [-0.39, 0.29) is 17.1 Å². The quantitative estimate of drug-likeness (QED) is 0.693. The monoisotopic (exact) mass is 243 g/mol. The zero-order chi connectivity index (χ0) is 12.3. The van der Waals surface area contributed by atoms with Gasteiger partial charge >= 0.3 is 7.60 Å². The highest BCUT2D eigenvalue weighted by molar-refractivity contribution is 7.60. The van der Waals surface area contributed by atoms with Crippen molar-refractivity contribution in [1.29, 1.82) is 0 Å². The first-order valence-electron chi connectivity index (χ1n) is 4.78. The molecule has 0 radical (unpaired) electrons. The van der Waals surface area contributed by atoms with Crippen molar-refractivity contribution in [3.8, 4) is 0 Å². The number of rotatable bonds is 3. The first kappa shape index (κ1) is 12.9. The molecule has 0 saturated carbocycles. The van der Waals surface area contributed by atoms with E-state index in [1.165, 1.54) is 18.2 Å². The second-order valence-corrected chi connectivity index (χ2v) is 5.34. The summed E-state index contributed by atoms with van der Waals surface area (Å²) in [5.74, 6) is -0.374. The largest absolute Gasteiger partial charge is 0.356 e. The van der Waals surface area contributed by atoms with Crippen LogP contribution in [0.4, 0.5) is 5.69 Å². The van der Waals surface area contributed by atoms with Crippen molar-refractivity contribution < 1.29 is 19.1 Å². The molecule has 0 aliphatic heterocycles. The summed E-state index contributed by atoms with van der Waals surface area (Å²) < 4.78 is 11.0. The van der Waals surface area contributed by atoms with Crippen LogP contribution in [-0.2, 0) is 9.36 Å². The van der Waals surface area contributed by atoms with E-state index in [1.54, 1.807) is 19.9 Å². The van der Waals surface area contributed by atoms with Crippen molar-refractivity contribution in [2.45, 2.75) is 13.8 Å². The van der Waals surface area contributed by atoms with E-state index in [0.717, 1.165) is 0 Å². The fraction of sp³-hybridized carbons (Fsp3) is 0.300. The molecule has 0 unspecified atom stereocenters. The zero-order valence-corrected chi connectivity index (χ0v) is 9.94. The van der Waals surface area contributed by atoms with Gasteiger partial charge in [-0.2, -0.15) is 0 Å². The van der Waals surface area contributed by atoms with E-state index < -0.39 is 7.60 Å². The van der Waals surface area contributed by atoms with Crippen LogP contribution >= 0.6 is 7.60 Å². The minimum Gasteiger partial charge on any atom is -0.326 e. The SMILES string of the molecule is CC(C)C(=O)Nc1cccc(P(=O)(O)O)c1. The van der Waals surface area contributed by atoms with Gasteiger partial charge in [0.2, 0.25) is 5.91 Å². The second-order valence-electron chi connectivity index (χ2n) is 3.74. The number of hydrogen-bond donors (Lipinski definition) is 3. The minimum atomic E-state index is -4.26. The molecule has 0 bridgehead atoms. The average molecular weight is 243 g/mol. The molecular formula is C10H14NO4P. The summed E-state index contributed by atoms with van der Waals surface area (Å²) in [4.78, 5) is 29.3. The lowest BCUT2D eigenvalue weighted by Crippen LogP contribution is -2.18. The standard InChI is InChI=1S/C10H14NO4P/c1-7(2)10(12)11-8-4-3-5-9(6-8)16(13,14)15/h3-7H,1-2H3,(H,11,12)(H2,13,14,15). The Morgan fingerprint density at radius 1 is 1.38 bits per heavy atom. The van der Waals surface area contributed by atoms with E-state index in [9.17, 15) is 9.36 Å². The van der Waals surface area contributed by atoms with Gasteiger partial charge in [-0.3, -0.25) is 9.36 Å². The van der Waals surface area contributed by atoms with Crippen LogP contribution in [-0.4, -0.2) is 15.7 Å². The number of benzene rings is 1. The van der Waals surface area contributed by atoms with Crippen LogP contribution in [0.1, 0.15) is 13.8 Å². The molecule has 6 heteroatoms. The van der Waals surface area contributed by atoms with Crippen LogP contribution in [0.5, 0.6) is 0 Å². The van der Waals surface area contributed by atoms with Gasteiger partial charge in [-0.15, -0.1) is 0 Å². The summed E-state index contributed by atoms with van der Waals surface area (Å²) in [5, 5.41) is 2.47. The van der Waals surface area contributed by atoms with E-state index in [2.05, 4.69) is 5.32 Å². The molecule has 0 atom stereocenters. The highest BCUT2D eigenvalue weighted by Crippen LogP contribution is 2.33. The number of nitrogens with one attached hydrogen (secondary N) is 1. The Bertz CT molecular complexity index is 438. The van der Waals surface area contributed by atoms with Gasteiger partial charge in [0, 0.05) is 11.6 Å². The van der Waals surface area contributed by atoms with Crippen molar-refractivity contribution in [3.05, 3.63) is 24.3 Å². The predicted molar refractivity (Wildman–Crippen MR) is 61.6 cm³/mol. The van der Waals surface area contributed by atoms with Gasteiger partial charge in [0.25, 0.3) is 0 Å². The molecule has 0 heterocycles. The van der Waals surface area contributed by atoms with Crippen LogP contribution in [0.25, 0.3) is 0 Å². The van der Waals surface area contributed by atoms with Gasteiger partial charge in [0.05, 0.1) is 5.30 Å². The molecule has 3 N–H and O–H groups in total. The molecule has 0 spiro atoms. The summed E-state index contributed by atoms with van der Waals surface area (Å²) in [5.41, 5.74) is 0.388. The van der Waals surface area contributed by atoms with Gasteiger partial charge in [-0.25, -0.2) is 0 Å². The first-order valence-corrected chi connectivity index (χ1v) is 6.39. The normalized spacial score (nSPS) is 11.6. The average Bonchev–Trinajstić information content (AvgIpc) is 2.16. The zero-order valence-electron chi connectivity index (χ0n) is 9.04. The number of hydrogen-bond acceptors (Lipinski definition) is 2. The molecule has 1 aromatic carbocycles. The Morgan fingerprint density at radius 3 is 2.50 bits per heavy atom. The highest BCUT2D eigenvalue weighted by Gasteiger charge is 2.17. The lowest BCUT2D eigenvalue weighted by Gasteiger charge is -2.09. The summed E-state index contributed by atoms with van der Waals surface area (Å²) in [6, 6.07) is 5.68. The molecule has 88 valence electrons. The van der Waals surface area contributed by atoms with Crippen molar-refractivity contribution >= 4 is 24.5 Å². The summed E-state index contributed by atoms with van der Waals surface area (Å²) in [6.45, 7) is 3.48. The minimum absolute atomic E-state index is 0.103. The number of amides is 1. The molecule has 0 fully saturated rings. The number of anilines is 1. The maximum Gasteiger partial charge on any atom is 0.356 e. The summed E-state index contributed by atoms with van der Waals surface area (Å²) in [6.07, 6.45) is 0. The maximum atomic E-state index is 11.4. The Kier molecular flexibility index (Phi) is 3.86. The van der Waals surface area contributed by atoms with E-state index in [1.807, 2.05) is 0 Å². The van der Waals surface area contributed by atoms with Gasteiger partial charge in [-0.05, 0) is 18.2 Å². The molecule has 5 nitrogen and oxygen atoms in total. The number of carbonyl (C=O) groups excluding carboxylic acids is 1. The van der Waals surface area contributed by atoms with E-state index >= 15 is 0 Å². The lowest BCUT2D eigenvalue weighted by atomic mass is 10.2. The molecular weight excluding hydrogens is 229 g/mol. The third-order valence-electron chi connectivity index (χ3n) is 1.97. The van der Waals surface area contributed by atoms with Crippen LogP contribution in [0.2, 0.25) is 0 Å². The smallest absolute Gasteiger partial charge is 0.326 e. The second kappa shape index (κ2) is 4.78. The molecule has 0 aromatic heterocycles. The van der Waals surface area contributed by atoms with E-state index in [0.29, 0.717) is 5.69 Å². The third-order valence-corrected chi connectivity index (χ3v) is 2.93. The topological polar surface area (TPSA) is 86.6 Å². The summed E-state index contributed by atoms with van der Waals surface area (Å²) >= 11 is 0. The highest BCUT2D eigenvalue weighted by atomic mass is 31.2. The van der Waals surface area contributed by atoms with Crippen LogP contribution in [0, 0.1) is 5.92 Å². The predicted octanol–water partition coefficient (Wildman–Crippen LogP) is 1.08. The van der Waals surface area contributed by atoms with Gasteiger partial charge in [-0.1, -0.05) is 19.9 Å². The fourth-order valence-corrected chi connectivity index (χ4v) is 1.64. The Balaban J connectivity index is 2.92. The molecule has 0 aliphatic rings. The number of carbonyl (C=O) groups is 1. The molecule has 0 aliphatic carbocycles. The Morgan fingerprint density at radius 2 is 2.00 bits per heavy atom.